The van der Waals surface area contributed by atoms with Crippen LogP contribution in [0.5, 0.6) is 5.75 Å². The number of carbonyl (C=O) groups is 1. The predicted molar refractivity (Wildman–Crippen MR) is 86.5 cm³/mol. The van der Waals surface area contributed by atoms with Crippen LogP contribution in [0.2, 0.25) is 0 Å². The zero-order chi connectivity index (χ0) is 15.9. The second-order valence-corrected chi connectivity index (χ2v) is 6.24. The smallest absolute Gasteiger partial charge is 0.236 e. The van der Waals surface area contributed by atoms with Crippen molar-refractivity contribution in [3.05, 3.63) is 28.5 Å². The summed E-state index contributed by atoms with van der Waals surface area (Å²) < 4.78 is 19.4. The lowest BCUT2D eigenvalue weighted by Gasteiger charge is -2.29. The van der Waals surface area contributed by atoms with E-state index >= 15 is 0 Å². The number of benzene rings is 1. The van der Waals surface area contributed by atoms with Gasteiger partial charge in [0.25, 0.3) is 0 Å². The van der Waals surface area contributed by atoms with Crippen molar-refractivity contribution < 1.29 is 13.9 Å². The fourth-order valence-corrected chi connectivity index (χ4v) is 2.70. The number of rotatable bonds is 6. The molecule has 5 nitrogen and oxygen atoms in total. The highest BCUT2D eigenvalue weighted by Crippen LogP contribution is 2.20. The van der Waals surface area contributed by atoms with Crippen molar-refractivity contribution in [1.29, 1.82) is 0 Å². The van der Waals surface area contributed by atoms with Crippen molar-refractivity contribution in [1.82, 2.24) is 15.1 Å². The molecule has 1 heterocycles. The van der Waals surface area contributed by atoms with E-state index in [1.165, 1.54) is 12.1 Å². The molecule has 1 aromatic carbocycles. The number of likely N-dealkylation sites (N-methyl/N-ethyl adjacent to an activating group) is 1. The molecule has 0 atom stereocenters. The van der Waals surface area contributed by atoms with Crippen molar-refractivity contribution >= 4 is 21.8 Å². The minimum atomic E-state index is -0.341. The highest BCUT2D eigenvalue weighted by Gasteiger charge is 2.17. The van der Waals surface area contributed by atoms with Crippen LogP contribution in [0.4, 0.5) is 4.39 Å². The monoisotopic (exact) mass is 373 g/mol. The number of halogens is 2. The molecule has 0 aromatic heterocycles. The molecule has 0 aliphatic carbocycles. The molecule has 0 spiro atoms. The Kier molecular flexibility index (Phi) is 6.60. The van der Waals surface area contributed by atoms with E-state index in [4.69, 9.17) is 4.74 Å². The van der Waals surface area contributed by atoms with E-state index < -0.39 is 0 Å². The second-order valence-electron chi connectivity index (χ2n) is 5.32. The molecule has 1 N–H and O–H groups in total. The maximum atomic E-state index is 13.2. The lowest BCUT2D eigenvalue weighted by Crippen LogP contribution is -2.49. The Hall–Kier alpha value is -1.18. The average molecular weight is 374 g/mol. The van der Waals surface area contributed by atoms with E-state index in [2.05, 4.69) is 21.2 Å². The molecule has 0 radical (unpaired) electrons. The van der Waals surface area contributed by atoms with Crippen LogP contribution < -0.4 is 10.1 Å². The molecule has 1 aliphatic heterocycles. The van der Waals surface area contributed by atoms with Gasteiger partial charge in [-0.1, -0.05) is 15.9 Å². The molecule has 2 rings (SSSR count). The van der Waals surface area contributed by atoms with Crippen molar-refractivity contribution in [2.75, 3.05) is 52.9 Å². The number of piperazine rings is 1. The number of hydrogen-bond donors (Lipinski definition) is 1. The van der Waals surface area contributed by atoms with Gasteiger partial charge in [0.05, 0.1) is 6.54 Å². The maximum Gasteiger partial charge on any atom is 0.236 e. The number of hydrogen-bond acceptors (Lipinski definition) is 4. The van der Waals surface area contributed by atoms with Crippen molar-refractivity contribution in [3.8, 4) is 5.75 Å². The van der Waals surface area contributed by atoms with Crippen LogP contribution in [-0.2, 0) is 4.79 Å². The fourth-order valence-electron chi connectivity index (χ4n) is 2.26. The Morgan fingerprint density at radius 2 is 2.14 bits per heavy atom. The Morgan fingerprint density at radius 3 is 2.82 bits per heavy atom. The van der Waals surface area contributed by atoms with Gasteiger partial charge in [0.2, 0.25) is 5.91 Å². The summed E-state index contributed by atoms with van der Waals surface area (Å²) >= 11 is 3.22. The van der Waals surface area contributed by atoms with Crippen molar-refractivity contribution in [2.45, 2.75) is 0 Å². The van der Waals surface area contributed by atoms with Gasteiger partial charge in [-0.2, -0.15) is 0 Å². The predicted octanol–water partition coefficient (Wildman–Crippen LogP) is 1.33. The molecule has 0 unspecified atom stereocenters. The van der Waals surface area contributed by atoms with Crippen LogP contribution in [0.15, 0.2) is 22.7 Å². The Labute approximate surface area is 138 Å². The van der Waals surface area contributed by atoms with E-state index in [1.54, 1.807) is 6.07 Å². The summed E-state index contributed by atoms with van der Waals surface area (Å²) in [5.74, 6) is 0.276. The summed E-state index contributed by atoms with van der Waals surface area (Å²) in [4.78, 5) is 15.9. The molecule has 1 fully saturated rings. The van der Waals surface area contributed by atoms with Gasteiger partial charge in [-0.15, -0.1) is 0 Å². The van der Waals surface area contributed by atoms with E-state index in [0.717, 1.165) is 26.2 Å². The SMILES string of the molecule is CN(CCOc1cc(F)cc(Br)c1)CC(=O)N1CCNCC1. The molecular weight excluding hydrogens is 353 g/mol. The van der Waals surface area contributed by atoms with Crippen LogP contribution in [-0.4, -0.2) is 68.6 Å². The van der Waals surface area contributed by atoms with Crippen LogP contribution in [0.3, 0.4) is 0 Å². The number of nitrogens with one attached hydrogen (secondary N) is 1. The highest BCUT2D eigenvalue weighted by molar-refractivity contribution is 9.10. The molecule has 1 aromatic rings. The third-order valence-electron chi connectivity index (χ3n) is 3.45. The largest absolute Gasteiger partial charge is 0.492 e. The van der Waals surface area contributed by atoms with Gasteiger partial charge in [-0.25, -0.2) is 4.39 Å². The number of amides is 1. The maximum absolute atomic E-state index is 13.2. The van der Waals surface area contributed by atoms with E-state index in [9.17, 15) is 9.18 Å². The molecule has 0 saturated carbocycles. The highest BCUT2D eigenvalue weighted by atomic mass is 79.9. The van der Waals surface area contributed by atoms with Gasteiger partial charge in [0.1, 0.15) is 18.2 Å². The minimum Gasteiger partial charge on any atom is -0.492 e. The molecule has 22 heavy (non-hydrogen) atoms. The summed E-state index contributed by atoms with van der Waals surface area (Å²) in [6.07, 6.45) is 0. The Morgan fingerprint density at radius 1 is 1.41 bits per heavy atom. The lowest BCUT2D eigenvalue weighted by atomic mass is 10.3. The summed E-state index contributed by atoms with van der Waals surface area (Å²) in [7, 11) is 1.88. The summed E-state index contributed by atoms with van der Waals surface area (Å²) in [5, 5.41) is 3.22. The number of carbonyl (C=O) groups excluding carboxylic acids is 1. The van der Waals surface area contributed by atoms with E-state index in [0.29, 0.717) is 29.9 Å². The summed E-state index contributed by atoms with van der Waals surface area (Å²) in [6, 6.07) is 4.44. The van der Waals surface area contributed by atoms with E-state index in [-0.39, 0.29) is 11.7 Å². The first-order valence-corrected chi connectivity index (χ1v) is 8.10. The number of ether oxygens (including phenoxy) is 1. The molecular formula is C15H21BrFN3O2. The second kappa shape index (κ2) is 8.45. The minimum absolute atomic E-state index is 0.137. The van der Waals surface area contributed by atoms with Crippen LogP contribution in [0.1, 0.15) is 0 Å². The number of nitrogens with zero attached hydrogens (tertiary/aromatic N) is 2. The van der Waals surface area contributed by atoms with Crippen molar-refractivity contribution in [3.63, 3.8) is 0 Å². The standard InChI is InChI=1S/C15H21BrFN3O2/c1-19(11-15(21)20-4-2-18-3-5-20)6-7-22-14-9-12(16)8-13(17)10-14/h8-10,18H,2-7,11H2,1H3. The summed E-state index contributed by atoms with van der Waals surface area (Å²) in [5.41, 5.74) is 0. The molecule has 1 amide bonds. The first-order valence-electron chi connectivity index (χ1n) is 7.30. The van der Waals surface area contributed by atoms with Gasteiger partial charge in [-0.3, -0.25) is 9.69 Å². The molecule has 7 heteroatoms. The van der Waals surface area contributed by atoms with Crippen LogP contribution >= 0.6 is 15.9 Å². The normalized spacial score (nSPS) is 15.2. The average Bonchev–Trinajstić information content (AvgIpc) is 2.47. The Bertz CT molecular complexity index is 489. The third-order valence-corrected chi connectivity index (χ3v) is 3.91. The van der Waals surface area contributed by atoms with Gasteiger partial charge < -0.3 is 15.0 Å². The van der Waals surface area contributed by atoms with Crippen molar-refractivity contribution in [2.24, 2.45) is 0 Å². The van der Waals surface area contributed by atoms with Gasteiger partial charge in [0, 0.05) is 43.3 Å². The Balaban J connectivity index is 1.70. The first kappa shape index (κ1) is 17.2. The lowest BCUT2D eigenvalue weighted by molar-refractivity contribution is -0.132. The first-order chi connectivity index (χ1) is 10.5. The van der Waals surface area contributed by atoms with Gasteiger partial charge >= 0.3 is 0 Å². The fraction of sp³-hybridized carbons (Fsp3) is 0.533. The molecule has 0 bridgehead atoms. The quantitative estimate of drug-likeness (QED) is 0.816. The van der Waals surface area contributed by atoms with E-state index in [1.807, 2.05) is 16.8 Å². The topological polar surface area (TPSA) is 44.8 Å². The van der Waals surface area contributed by atoms with Crippen LogP contribution in [0.25, 0.3) is 0 Å². The molecule has 1 saturated heterocycles. The zero-order valence-electron chi connectivity index (χ0n) is 12.6. The van der Waals surface area contributed by atoms with Crippen LogP contribution in [0, 0.1) is 5.82 Å². The molecule has 122 valence electrons. The molecule has 1 aliphatic rings. The third kappa shape index (κ3) is 5.55. The zero-order valence-corrected chi connectivity index (χ0v) is 14.2. The summed E-state index contributed by atoms with van der Waals surface area (Å²) in [6.45, 7) is 4.62. The van der Waals surface area contributed by atoms with Gasteiger partial charge in [0.15, 0.2) is 0 Å². The van der Waals surface area contributed by atoms with Gasteiger partial charge in [-0.05, 0) is 19.2 Å².